The standard InChI is InChI=1S/C8H16O5S/c1-3-4-5-14(11,12)7(6-13-2)8(9)10/h7H,3-6H2,1-2H3,(H,9,10). The van der Waals surface area contributed by atoms with Crippen molar-refractivity contribution in [3.05, 3.63) is 0 Å². The van der Waals surface area contributed by atoms with Gasteiger partial charge in [0, 0.05) is 7.11 Å². The summed E-state index contributed by atoms with van der Waals surface area (Å²) < 4.78 is 27.5. The molecule has 0 saturated carbocycles. The molecule has 1 atom stereocenters. The number of hydrogen-bond acceptors (Lipinski definition) is 4. The van der Waals surface area contributed by atoms with E-state index < -0.39 is 21.1 Å². The van der Waals surface area contributed by atoms with E-state index in [0.29, 0.717) is 6.42 Å². The van der Waals surface area contributed by atoms with E-state index in [1.165, 1.54) is 7.11 Å². The number of hydrogen-bond donors (Lipinski definition) is 1. The number of unbranched alkanes of at least 4 members (excludes halogenated alkanes) is 1. The van der Waals surface area contributed by atoms with Crippen LogP contribution < -0.4 is 0 Å². The van der Waals surface area contributed by atoms with Gasteiger partial charge in [0.1, 0.15) is 0 Å². The molecule has 14 heavy (non-hydrogen) atoms. The monoisotopic (exact) mass is 224 g/mol. The minimum absolute atomic E-state index is 0.0934. The fourth-order valence-electron chi connectivity index (χ4n) is 0.968. The van der Waals surface area contributed by atoms with Crippen molar-refractivity contribution in [1.29, 1.82) is 0 Å². The molecule has 0 spiro atoms. The third-order valence-corrected chi connectivity index (χ3v) is 3.87. The van der Waals surface area contributed by atoms with Crippen molar-refractivity contribution in [3.8, 4) is 0 Å². The third kappa shape index (κ3) is 4.06. The molecule has 0 amide bonds. The number of sulfone groups is 1. The second-order valence-corrected chi connectivity index (χ2v) is 5.31. The largest absolute Gasteiger partial charge is 0.480 e. The maximum atomic E-state index is 11.5. The predicted octanol–water partition coefficient (Wildman–Crippen LogP) is 0.301. The number of carboxylic acid groups (broad SMARTS) is 1. The van der Waals surface area contributed by atoms with Crippen LogP contribution in [0.5, 0.6) is 0 Å². The molecule has 1 unspecified atom stereocenters. The van der Waals surface area contributed by atoms with E-state index in [2.05, 4.69) is 4.74 Å². The van der Waals surface area contributed by atoms with Gasteiger partial charge in [-0.2, -0.15) is 0 Å². The molecule has 0 rings (SSSR count). The Morgan fingerprint density at radius 1 is 1.50 bits per heavy atom. The summed E-state index contributed by atoms with van der Waals surface area (Å²) in [5.74, 6) is -1.44. The van der Waals surface area contributed by atoms with Gasteiger partial charge in [-0.25, -0.2) is 8.42 Å². The van der Waals surface area contributed by atoms with Gasteiger partial charge in [-0.15, -0.1) is 0 Å². The van der Waals surface area contributed by atoms with E-state index in [9.17, 15) is 13.2 Å². The van der Waals surface area contributed by atoms with Gasteiger partial charge in [0.15, 0.2) is 15.1 Å². The molecule has 5 nitrogen and oxygen atoms in total. The van der Waals surface area contributed by atoms with Crippen LogP contribution in [0.4, 0.5) is 0 Å². The molecule has 0 aromatic carbocycles. The Hall–Kier alpha value is -0.620. The lowest BCUT2D eigenvalue weighted by Crippen LogP contribution is -2.35. The minimum atomic E-state index is -3.57. The third-order valence-electron chi connectivity index (χ3n) is 1.81. The summed E-state index contributed by atoms with van der Waals surface area (Å²) in [4.78, 5) is 10.6. The van der Waals surface area contributed by atoms with Crippen LogP contribution in [0.1, 0.15) is 19.8 Å². The first-order chi connectivity index (χ1) is 6.45. The van der Waals surface area contributed by atoms with Crippen LogP contribution >= 0.6 is 0 Å². The summed E-state index contributed by atoms with van der Waals surface area (Å²) in [7, 11) is -2.29. The second-order valence-electron chi connectivity index (χ2n) is 3.00. The normalized spacial score (nSPS) is 13.9. The van der Waals surface area contributed by atoms with Crippen molar-refractivity contribution in [1.82, 2.24) is 0 Å². The molecule has 0 aromatic heterocycles. The Kier molecular flexibility index (Phi) is 5.71. The van der Waals surface area contributed by atoms with E-state index in [0.717, 1.165) is 6.42 Å². The van der Waals surface area contributed by atoms with E-state index in [1.54, 1.807) is 0 Å². The molecule has 0 fully saturated rings. The lowest BCUT2D eigenvalue weighted by Gasteiger charge is -2.11. The summed E-state index contributed by atoms with van der Waals surface area (Å²) in [5.41, 5.74) is 0. The second kappa shape index (κ2) is 5.98. The predicted molar refractivity (Wildman–Crippen MR) is 52.0 cm³/mol. The molecule has 0 aliphatic heterocycles. The number of aliphatic carboxylic acids is 1. The minimum Gasteiger partial charge on any atom is -0.480 e. The smallest absolute Gasteiger partial charge is 0.324 e. The first kappa shape index (κ1) is 13.4. The number of methoxy groups -OCH3 is 1. The van der Waals surface area contributed by atoms with Crippen molar-refractivity contribution in [2.45, 2.75) is 25.0 Å². The van der Waals surface area contributed by atoms with Crippen LogP contribution in [0.2, 0.25) is 0 Å². The zero-order chi connectivity index (χ0) is 11.2. The Bertz CT molecular complexity index is 269. The molecule has 84 valence electrons. The molecular formula is C8H16O5S. The highest BCUT2D eigenvalue weighted by molar-refractivity contribution is 7.92. The maximum Gasteiger partial charge on any atom is 0.324 e. The molecule has 0 radical (unpaired) electrons. The topological polar surface area (TPSA) is 80.7 Å². The lowest BCUT2D eigenvalue weighted by atomic mass is 10.4. The first-order valence-corrected chi connectivity index (χ1v) is 6.10. The van der Waals surface area contributed by atoms with Crippen molar-refractivity contribution >= 4 is 15.8 Å². The molecule has 0 saturated heterocycles. The first-order valence-electron chi connectivity index (χ1n) is 4.39. The van der Waals surface area contributed by atoms with Gasteiger partial charge in [0.25, 0.3) is 0 Å². The molecule has 0 aliphatic rings. The molecular weight excluding hydrogens is 208 g/mol. The fourth-order valence-corrected chi connectivity index (χ4v) is 2.59. The van der Waals surface area contributed by atoms with Crippen LogP contribution in [0.25, 0.3) is 0 Å². The van der Waals surface area contributed by atoms with Crippen LogP contribution in [-0.2, 0) is 19.4 Å². The summed E-state index contributed by atoms with van der Waals surface area (Å²) >= 11 is 0. The highest BCUT2D eigenvalue weighted by Crippen LogP contribution is 2.06. The summed E-state index contributed by atoms with van der Waals surface area (Å²) in [6.45, 7) is 1.56. The van der Waals surface area contributed by atoms with Gasteiger partial charge in [0.2, 0.25) is 0 Å². The zero-order valence-corrected chi connectivity index (χ0v) is 9.21. The van der Waals surface area contributed by atoms with Crippen LogP contribution in [0.15, 0.2) is 0 Å². The maximum absolute atomic E-state index is 11.5. The van der Waals surface area contributed by atoms with Crippen LogP contribution in [0, 0.1) is 0 Å². The van der Waals surface area contributed by atoms with Gasteiger partial charge in [-0.3, -0.25) is 4.79 Å². The van der Waals surface area contributed by atoms with Crippen molar-refractivity contribution in [2.24, 2.45) is 0 Å². The van der Waals surface area contributed by atoms with Crippen LogP contribution in [0.3, 0.4) is 0 Å². The summed E-state index contributed by atoms with van der Waals surface area (Å²) in [6, 6.07) is 0. The van der Waals surface area contributed by atoms with Gasteiger partial charge < -0.3 is 9.84 Å². The lowest BCUT2D eigenvalue weighted by molar-refractivity contribution is -0.137. The molecule has 0 aliphatic carbocycles. The highest BCUT2D eigenvalue weighted by atomic mass is 32.2. The number of carbonyl (C=O) groups is 1. The molecule has 0 bridgehead atoms. The molecule has 0 aromatic rings. The highest BCUT2D eigenvalue weighted by Gasteiger charge is 2.31. The van der Waals surface area contributed by atoms with E-state index in [1.807, 2.05) is 6.92 Å². The van der Waals surface area contributed by atoms with E-state index in [4.69, 9.17) is 5.11 Å². The average Bonchev–Trinajstić information content (AvgIpc) is 2.10. The Labute approximate surface area is 84.0 Å². The SMILES string of the molecule is CCCCS(=O)(=O)C(COC)C(=O)O. The van der Waals surface area contributed by atoms with Crippen molar-refractivity contribution in [2.75, 3.05) is 19.5 Å². The van der Waals surface area contributed by atoms with Crippen molar-refractivity contribution in [3.63, 3.8) is 0 Å². The number of rotatable bonds is 7. The quantitative estimate of drug-likeness (QED) is 0.672. The molecule has 1 N–H and O–H groups in total. The average molecular weight is 224 g/mol. The van der Waals surface area contributed by atoms with Gasteiger partial charge in [-0.1, -0.05) is 13.3 Å². The number of carboxylic acids is 1. The van der Waals surface area contributed by atoms with E-state index in [-0.39, 0.29) is 12.4 Å². The summed E-state index contributed by atoms with van der Waals surface area (Å²) in [5, 5.41) is 7.25. The van der Waals surface area contributed by atoms with Crippen LogP contribution in [-0.4, -0.2) is 44.2 Å². The Balaban J connectivity index is 4.55. The Morgan fingerprint density at radius 2 is 2.07 bits per heavy atom. The fraction of sp³-hybridized carbons (Fsp3) is 0.875. The van der Waals surface area contributed by atoms with Crippen molar-refractivity contribution < 1.29 is 23.1 Å². The van der Waals surface area contributed by atoms with E-state index >= 15 is 0 Å². The van der Waals surface area contributed by atoms with Gasteiger partial charge >= 0.3 is 5.97 Å². The molecule has 0 heterocycles. The van der Waals surface area contributed by atoms with Gasteiger partial charge in [0.05, 0.1) is 12.4 Å². The van der Waals surface area contributed by atoms with Gasteiger partial charge in [-0.05, 0) is 6.42 Å². The Morgan fingerprint density at radius 3 is 2.43 bits per heavy atom. The summed E-state index contributed by atoms with van der Waals surface area (Å²) in [6.07, 6.45) is 1.20. The molecule has 6 heteroatoms. The zero-order valence-electron chi connectivity index (χ0n) is 8.39. The number of ether oxygens (including phenoxy) is 1.